The number of carbonyl (C=O) groups is 2. The SMILES string of the molecule is CNC(=O)C[NH2+]CC(=O)NCCOc1ccccc1OC. The van der Waals surface area contributed by atoms with Crippen molar-refractivity contribution in [2.75, 3.05) is 40.4 Å². The Bertz CT molecular complexity index is 465. The highest BCUT2D eigenvalue weighted by molar-refractivity contribution is 5.78. The number of hydrogen-bond donors (Lipinski definition) is 3. The zero-order valence-electron chi connectivity index (χ0n) is 12.3. The summed E-state index contributed by atoms with van der Waals surface area (Å²) in [6.07, 6.45) is 0. The number of likely N-dealkylation sites (N-methyl/N-ethyl adjacent to an activating group) is 1. The van der Waals surface area contributed by atoms with E-state index in [1.54, 1.807) is 25.5 Å². The molecule has 0 bridgehead atoms. The Kier molecular flexibility index (Phi) is 7.67. The topological polar surface area (TPSA) is 93.3 Å². The van der Waals surface area contributed by atoms with Crippen LogP contribution in [-0.2, 0) is 9.59 Å². The molecule has 0 aliphatic rings. The van der Waals surface area contributed by atoms with Crippen molar-refractivity contribution in [1.82, 2.24) is 10.6 Å². The van der Waals surface area contributed by atoms with E-state index in [0.717, 1.165) is 0 Å². The van der Waals surface area contributed by atoms with Crippen molar-refractivity contribution in [2.45, 2.75) is 0 Å². The Morgan fingerprint density at radius 3 is 2.48 bits per heavy atom. The van der Waals surface area contributed by atoms with E-state index in [1.165, 1.54) is 0 Å². The lowest BCUT2D eigenvalue weighted by atomic mass is 10.3. The van der Waals surface area contributed by atoms with Crippen LogP contribution in [0.4, 0.5) is 0 Å². The summed E-state index contributed by atoms with van der Waals surface area (Å²) in [6, 6.07) is 7.32. The molecule has 0 fully saturated rings. The van der Waals surface area contributed by atoms with Gasteiger partial charge < -0.3 is 25.4 Å². The second-order valence-corrected chi connectivity index (χ2v) is 4.22. The summed E-state index contributed by atoms with van der Waals surface area (Å²) in [6.45, 7) is 1.19. The molecule has 0 saturated heterocycles. The highest BCUT2D eigenvalue weighted by Crippen LogP contribution is 2.25. The van der Waals surface area contributed by atoms with Crippen molar-refractivity contribution in [2.24, 2.45) is 0 Å². The number of carbonyl (C=O) groups excluding carboxylic acids is 2. The molecule has 0 heterocycles. The molecule has 116 valence electrons. The average Bonchev–Trinajstić information content (AvgIpc) is 2.51. The minimum atomic E-state index is -0.137. The lowest BCUT2D eigenvalue weighted by Crippen LogP contribution is -2.88. The van der Waals surface area contributed by atoms with Gasteiger partial charge in [0.25, 0.3) is 11.8 Å². The summed E-state index contributed by atoms with van der Waals surface area (Å²) in [4.78, 5) is 22.5. The first-order valence-corrected chi connectivity index (χ1v) is 6.72. The van der Waals surface area contributed by atoms with Gasteiger partial charge >= 0.3 is 0 Å². The first-order chi connectivity index (χ1) is 10.2. The van der Waals surface area contributed by atoms with Gasteiger partial charge in [-0.1, -0.05) is 12.1 Å². The van der Waals surface area contributed by atoms with Gasteiger partial charge in [0.2, 0.25) is 0 Å². The van der Waals surface area contributed by atoms with Crippen LogP contribution in [0.1, 0.15) is 0 Å². The van der Waals surface area contributed by atoms with Crippen molar-refractivity contribution in [1.29, 1.82) is 0 Å². The number of benzene rings is 1. The Hall–Kier alpha value is -2.28. The summed E-state index contributed by atoms with van der Waals surface area (Å²) in [7, 11) is 3.14. The van der Waals surface area contributed by atoms with Crippen LogP contribution < -0.4 is 25.4 Å². The van der Waals surface area contributed by atoms with E-state index in [9.17, 15) is 9.59 Å². The van der Waals surface area contributed by atoms with Crippen LogP contribution in [0, 0.1) is 0 Å². The summed E-state index contributed by atoms with van der Waals surface area (Å²) in [5.41, 5.74) is 0. The predicted octanol–water partition coefficient (Wildman–Crippen LogP) is -1.50. The summed E-state index contributed by atoms with van der Waals surface area (Å²) in [5.74, 6) is 1.05. The van der Waals surface area contributed by atoms with Gasteiger partial charge in [-0.05, 0) is 12.1 Å². The molecule has 0 spiro atoms. The molecule has 1 rings (SSSR count). The lowest BCUT2D eigenvalue weighted by molar-refractivity contribution is -0.633. The summed E-state index contributed by atoms with van der Waals surface area (Å²) in [5, 5.41) is 6.83. The summed E-state index contributed by atoms with van der Waals surface area (Å²) < 4.78 is 10.7. The molecule has 0 aromatic heterocycles. The largest absolute Gasteiger partial charge is 0.493 e. The molecule has 0 aliphatic heterocycles. The van der Waals surface area contributed by atoms with E-state index in [-0.39, 0.29) is 24.9 Å². The van der Waals surface area contributed by atoms with Gasteiger partial charge in [-0.25, -0.2) is 0 Å². The third-order valence-corrected chi connectivity index (χ3v) is 2.69. The molecular weight excluding hydrogens is 274 g/mol. The van der Waals surface area contributed by atoms with E-state index >= 15 is 0 Å². The van der Waals surface area contributed by atoms with Crippen molar-refractivity contribution in [3.63, 3.8) is 0 Å². The van der Waals surface area contributed by atoms with Crippen molar-refractivity contribution >= 4 is 11.8 Å². The van der Waals surface area contributed by atoms with Crippen molar-refractivity contribution < 1.29 is 24.4 Å². The van der Waals surface area contributed by atoms with Gasteiger partial charge in [0.05, 0.1) is 13.7 Å². The first kappa shape index (κ1) is 16.8. The normalized spacial score (nSPS) is 9.81. The molecule has 0 aliphatic carbocycles. The molecule has 1 aromatic rings. The molecule has 21 heavy (non-hydrogen) atoms. The number of rotatable bonds is 9. The van der Waals surface area contributed by atoms with Crippen LogP contribution in [0.3, 0.4) is 0 Å². The molecule has 7 heteroatoms. The van der Waals surface area contributed by atoms with Crippen LogP contribution in [0.5, 0.6) is 11.5 Å². The molecule has 2 amide bonds. The third-order valence-electron chi connectivity index (χ3n) is 2.69. The fourth-order valence-electron chi connectivity index (χ4n) is 1.60. The average molecular weight is 296 g/mol. The number of para-hydroxylation sites is 2. The smallest absolute Gasteiger partial charge is 0.275 e. The number of nitrogens with two attached hydrogens (primary N) is 1. The van der Waals surface area contributed by atoms with Crippen molar-refractivity contribution in [3.05, 3.63) is 24.3 Å². The second kappa shape index (κ2) is 9.60. The quantitative estimate of drug-likeness (QED) is 0.484. The number of amides is 2. The van der Waals surface area contributed by atoms with E-state index in [2.05, 4.69) is 10.6 Å². The van der Waals surface area contributed by atoms with E-state index < -0.39 is 0 Å². The van der Waals surface area contributed by atoms with Crippen LogP contribution in [-0.4, -0.2) is 52.2 Å². The number of ether oxygens (including phenoxy) is 2. The van der Waals surface area contributed by atoms with Crippen LogP contribution >= 0.6 is 0 Å². The summed E-state index contributed by atoms with van der Waals surface area (Å²) >= 11 is 0. The predicted molar refractivity (Wildman–Crippen MR) is 77.2 cm³/mol. The fourth-order valence-corrected chi connectivity index (χ4v) is 1.60. The number of nitrogens with one attached hydrogen (secondary N) is 2. The maximum atomic E-state index is 11.5. The zero-order chi connectivity index (χ0) is 15.5. The van der Waals surface area contributed by atoms with Gasteiger partial charge in [-0.3, -0.25) is 9.59 Å². The number of quaternary nitrogens is 1. The molecule has 4 N–H and O–H groups in total. The molecule has 0 atom stereocenters. The highest BCUT2D eigenvalue weighted by atomic mass is 16.5. The monoisotopic (exact) mass is 296 g/mol. The van der Waals surface area contributed by atoms with E-state index in [0.29, 0.717) is 24.7 Å². The van der Waals surface area contributed by atoms with Crippen LogP contribution in [0.25, 0.3) is 0 Å². The molecule has 0 saturated carbocycles. The number of hydrogen-bond acceptors (Lipinski definition) is 4. The lowest BCUT2D eigenvalue weighted by Gasteiger charge is -2.10. The second-order valence-electron chi connectivity index (χ2n) is 4.22. The maximum Gasteiger partial charge on any atom is 0.275 e. The van der Waals surface area contributed by atoms with Gasteiger partial charge in [-0.15, -0.1) is 0 Å². The zero-order valence-corrected chi connectivity index (χ0v) is 12.3. The third kappa shape index (κ3) is 6.62. The molecular formula is C14H22N3O4+. The van der Waals surface area contributed by atoms with Gasteiger partial charge in [0, 0.05) is 7.05 Å². The van der Waals surface area contributed by atoms with Gasteiger partial charge in [-0.2, -0.15) is 0 Å². The molecule has 0 unspecified atom stereocenters. The maximum absolute atomic E-state index is 11.5. The minimum absolute atomic E-state index is 0.109. The molecule has 1 aromatic carbocycles. The van der Waals surface area contributed by atoms with E-state index in [1.807, 2.05) is 18.2 Å². The fraction of sp³-hybridized carbons (Fsp3) is 0.429. The Morgan fingerprint density at radius 1 is 1.14 bits per heavy atom. The highest BCUT2D eigenvalue weighted by Gasteiger charge is 2.06. The van der Waals surface area contributed by atoms with Crippen LogP contribution in [0.2, 0.25) is 0 Å². The standard InChI is InChI=1S/C14H21N3O4/c1-15-13(18)9-16-10-14(19)17-7-8-21-12-6-4-3-5-11(12)20-2/h3-6,16H,7-10H2,1-2H3,(H,15,18)(H,17,19)/p+1. The Balaban J connectivity index is 2.16. The van der Waals surface area contributed by atoms with Gasteiger partial charge in [0.1, 0.15) is 6.61 Å². The van der Waals surface area contributed by atoms with E-state index in [4.69, 9.17) is 9.47 Å². The van der Waals surface area contributed by atoms with Crippen molar-refractivity contribution in [3.8, 4) is 11.5 Å². The molecule has 7 nitrogen and oxygen atoms in total. The molecule has 0 radical (unpaired) electrons. The first-order valence-electron chi connectivity index (χ1n) is 6.72. The Morgan fingerprint density at radius 2 is 1.81 bits per heavy atom. The Labute approximate surface area is 124 Å². The minimum Gasteiger partial charge on any atom is -0.493 e. The van der Waals surface area contributed by atoms with Crippen LogP contribution in [0.15, 0.2) is 24.3 Å². The number of methoxy groups -OCH3 is 1. The van der Waals surface area contributed by atoms with Gasteiger partial charge in [0.15, 0.2) is 24.6 Å².